The molecular formula is C17H22N4O3. The van der Waals surface area contributed by atoms with Crippen LogP contribution in [-0.2, 0) is 0 Å². The van der Waals surface area contributed by atoms with Gasteiger partial charge in [-0.1, -0.05) is 5.16 Å². The van der Waals surface area contributed by atoms with Crippen LogP contribution >= 0.6 is 0 Å². The lowest BCUT2D eigenvalue weighted by molar-refractivity contribution is 0.0315. The van der Waals surface area contributed by atoms with Gasteiger partial charge in [-0.2, -0.15) is 0 Å². The SMILES string of the molecule is Cc1noc2ncc(C(=O)N3CCN(C4CCCC4O)CC3)cc12. The molecule has 128 valence electrons. The van der Waals surface area contributed by atoms with Crippen molar-refractivity contribution < 1.29 is 14.4 Å². The number of aromatic nitrogens is 2. The zero-order valence-electron chi connectivity index (χ0n) is 13.8. The number of fused-ring (bicyclic) bond motifs is 1. The van der Waals surface area contributed by atoms with Crippen LogP contribution in [0.3, 0.4) is 0 Å². The summed E-state index contributed by atoms with van der Waals surface area (Å²) in [6, 6.07) is 2.07. The van der Waals surface area contributed by atoms with Crippen LogP contribution < -0.4 is 0 Å². The van der Waals surface area contributed by atoms with Crippen LogP contribution in [-0.4, -0.2) is 69.3 Å². The van der Waals surface area contributed by atoms with Crippen LogP contribution in [0.5, 0.6) is 0 Å². The highest BCUT2D eigenvalue weighted by Crippen LogP contribution is 2.25. The number of pyridine rings is 1. The second kappa shape index (κ2) is 6.14. The first kappa shape index (κ1) is 15.5. The smallest absolute Gasteiger partial charge is 0.257 e. The van der Waals surface area contributed by atoms with Gasteiger partial charge in [0, 0.05) is 38.4 Å². The highest BCUT2D eigenvalue weighted by atomic mass is 16.5. The fourth-order valence-electron chi connectivity index (χ4n) is 3.85. The Morgan fingerprint density at radius 1 is 1.29 bits per heavy atom. The summed E-state index contributed by atoms with van der Waals surface area (Å²) >= 11 is 0. The minimum atomic E-state index is -0.213. The minimum absolute atomic E-state index is 0.00313. The van der Waals surface area contributed by atoms with Gasteiger partial charge in [-0.15, -0.1) is 0 Å². The Labute approximate surface area is 140 Å². The third-order valence-corrected chi connectivity index (χ3v) is 5.27. The summed E-state index contributed by atoms with van der Waals surface area (Å²) in [7, 11) is 0. The second-order valence-electron chi connectivity index (χ2n) is 6.74. The van der Waals surface area contributed by atoms with Gasteiger partial charge in [-0.3, -0.25) is 9.69 Å². The molecular weight excluding hydrogens is 308 g/mol. The van der Waals surface area contributed by atoms with Crippen LogP contribution in [0.1, 0.15) is 35.3 Å². The van der Waals surface area contributed by atoms with Crippen LogP contribution in [0.4, 0.5) is 0 Å². The molecule has 1 amide bonds. The molecule has 0 bridgehead atoms. The van der Waals surface area contributed by atoms with E-state index in [1.165, 1.54) is 0 Å². The Bertz CT molecular complexity index is 751. The largest absolute Gasteiger partial charge is 0.391 e. The van der Waals surface area contributed by atoms with Crippen molar-refractivity contribution >= 4 is 17.0 Å². The van der Waals surface area contributed by atoms with Crippen molar-refractivity contribution in [2.75, 3.05) is 26.2 Å². The van der Waals surface area contributed by atoms with Gasteiger partial charge in [0.25, 0.3) is 11.6 Å². The molecule has 0 aromatic carbocycles. The third-order valence-electron chi connectivity index (χ3n) is 5.27. The van der Waals surface area contributed by atoms with Crippen molar-refractivity contribution in [2.24, 2.45) is 0 Å². The molecule has 1 N–H and O–H groups in total. The number of piperazine rings is 1. The van der Waals surface area contributed by atoms with Crippen molar-refractivity contribution in [3.63, 3.8) is 0 Å². The van der Waals surface area contributed by atoms with E-state index in [1.54, 1.807) is 6.20 Å². The van der Waals surface area contributed by atoms with Crippen molar-refractivity contribution in [2.45, 2.75) is 38.3 Å². The van der Waals surface area contributed by atoms with Crippen LogP contribution in [0, 0.1) is 6.92 Å². The first-order valence-corrected chi connectivity index (χ1v) is 8.57. The van der Waals surface area contributed by atoms with E-state index < -0.39 is 0 Å². The molecule has 7 heteroatoms. The maximum Gasteiger partial charge on any atom is 0.257 e. The maximum absolute atomic E-state index is 12.7. The van der Waals surface area contributed by atoms with E-state index in [9.17, 15) is 9.90 Å². The number of nitrogens with zero attached hydrogens (tertiary/aromatic N) is 4. The average Bonchev–Trinajstić information content (AvgIpc) is 3.20. The van der Waals surface area contributed by atoms with Crippen molar-refractivity contribution in [1.82, 2.24) is 19.9 Å². The lowest BCUT2D eigenvalue weighted by Crippen LogP contribution is -2.53. The predicted octanol–water partition coefficient (Wildman–Crippen LogP) is 1.20. The van der Waals surface area contributed by atoms with E-state index in [0.29, 0.717) is 24.4 Å². The van der Waals surface area contributed by atoms with E-state index >= 15 is 0 Å². The fourth-order valence-corrected chi connectivity index (χ4v) is 3.85. The normalized spacial score (nSPS) is 25.5. The molecule has 2 fully saturated rings. The Morgan fingerprint density at radius 3 is 2.79 bits per heavy atom. The Hall–Kier alpha value is -1.99. The summed E-state index contributed by atoms with van der Waals surface area (Å²) in [5.74, 6) is -0.00313. The molecule has 24 heavy (non-hydrogen) atoms. The number of hydrogen-bond donors (Lipinski definition) is 1. The molecule has 1 aliphatic heterocycles. The molecule has 2 aromatic heterocycles. The zero-order valence-corrected chi connectivity index (χ0v) is 13.8. The molecule has 3 heterocycles. The molecule has 0 radical (unpaired) electrons. The van der Waals surface area contributed by atoms with E-state index in [4.69, 9.17) is 4.52 Å². The summed E-state index contributed by atoms with van der Waals surface area (Å²) in [4.78, 5) is 21.1. The highest BCUT2D eigenvalue weighted by Gasteiger charge is 2.33. The van der Waals surface area contributed by atoms with E-state index in [1.807, 2.05) is 17.9 Å². The van der Waals surface area contributed by atoms with Gasteiger partial charge in [0.2, 0.25) is 0 Å². The number of aliphatic hydroxyl groups excluding tert-OH is 1. The van der Waals surface area contributed by atoms with Gasteiger partial charge in [-0.25, -0.2) is 4.98 Å². The molecule has 7 nitrogen and oxygen atoms in total. The van der Waals surface area contributed by atoms with Gasteiger partial charge in [0.1, 0.15) is 0 Å². The van der Waals surface area contributed by atoms with Crippen molar-refractivity contribution in [3.8, 4) is 0 Å². The molecule has 2 unspecified atom stereocenters. The first-order chi connectivity index (χ1) is 11.6. The Balaban J connectivity index is 1.44. The first-order valence-electron chi connectivity index (χ1n) is 8.57. The monoisotopic (exact) mass is 330 g/mol. The molecule has 2 aliphatic rings. The lowest BCUT2D eigenvalue weighted by atomic mass is 10.1. The molecule has 1 aliphatic carbocycles. The van der Waals surface area contributed by atoms with Crippen molar-refractivity contribution in [1.29, 1.82) is 0 Å². The number of carbonyl (C=O) groups is 1. The van der Waals surface area contributed by atoms with Crippen LogP contribution in [0.15, 0.2) is 16.8 Å². The number of aliphatic hydroxyl groups is 1. The van der Waals surface area contributed by atoms with Crippen LogP contribution in [0.2, 0.25) is 0 Å². The molecule has 1 saturated heterocycles. The van der Waals surface area contributed by atoms with Gasteiger partial charge < -0.3 is 14.5 Å². The zero-order chi connectivity index (χ0) is 16.7. The van der Waals surface area contributed by atoms with Gasteiger partial charge in [0.15, 0.2) is 0 Å². The maximum atomic E-state index is 12.7. The lowest BCUT2D eigenvalue weighted by Gasteiger charge is -2.39. The van der Waals surface area contributed by atoms with Gasteiger partial charge in [0.05, 0.1) is 22.7 Å². The summed E-state index contributed by atoms with van der Waals surface area (Å²) < 4.78 is 5.09. The van der Waals surface area contributed by atoms with Gasteiger partial charge >= 0.3 is 0 Å². The molecule has 0 spiro atoms. The summed E-state index contributed by atoms with van der Waals surface area (Å²) in [5.41, 5.74) is 1.78. The van der Waals surface area contributed by atoms with Gasteiger partial charge in [-0.05, 0) is 32.3 Å². The molecule has 2 aromatic rings. The highest BCUT2D eigenvalue weighted by molar-refractivity contribution is 5.97. The quantitative estimate of drug-likeness (QED) is 0.891. The summed E-state index contributed by atoms with van der Waals surface area (Å²) in [6.07, 6.45) is 4.39. The topological polar surface area (TPSA) is 82.7 Å². The van der Waals surface area contributed by atoms with E-state index in [0.717, 1.165) is 43.4 Å². The number of carbonyl (C=O) groups excluding carboxylic acids is 1. The number of amides is 1. The van der Waals surface area contributed by atoms with E-state index in [-0.39, 0.29) is 18.1 Å². The Morgan fingerprint density at radius 2 is 2.08 bits per heavy atom. The Kier molecular flexibility index (Phi) is 3.97. The average molecular weight is 330 g/mol. The number of rotatable bonds is 2. The third kappa shape index (κ3) is 2.67. The number of aryl methyl sites for hydroxylation is 1. The van der Waals surface area contributed by atoms with E-state index in [2.05, 4.69) is 15.0 Å². The summed E-state index contributed by atoms with van der Waals surface area (Å²) in [6.45, 7) is 4.84. The fraction of sp³-hybridized carbons (Fsp3) is 0.588. The molecule has 2 atom stereocenters. The minimum Gasteiger partial charge on any atom is -0.391 e. The standard InChI is InChI=1S/C17H22N4O3/c1-11-13-9-12(10-18-16(13)24-19-11)17(23)21-7-5-20(6-8-21)14-3-2-4-15(14)22/h9-10,14-15,22H,2-8H2,1H3. The summed E-state index contributed by atoms with van der Waals surface area (Å²) in [5, 5.41) is 14.7. The predicted molar refractivity (Wildman–Crippen MR) is 87.7 cm³/mol. The molecule has 1 saturated carbocycles. The molecule has 4 rings (SSSR count). The second-order valence-corrected chi connectivity index (χ2v) is 6.74. The number of hydrogen-bond acceptors (Lipinski definition) is 6. The van der Waals surface area contributed by atoms with Crippen molar-refractivity contribution in [3.05, 3.63) is 23.5 Å². The van der Waals surface area contributed by atoms with Crippen LogP contribution in [0.25, 0.3) is 11.1 Å².